The van der Waals surface area contributed by atoms with Gasteiger partial charge in [0, 0.05) is 22.8 Å². The molecule has 132 valence electrons. The fourth-order valence-corrected chi connectivity index (χ4v) is 3.53. The monoisotopic (exact) mass is 372 g/mol. The molecule has 3 nitrogen and oxygen atoms in total. The molecule has 0 bridgehead atoms. The van der Waals surface area contributed by atoms with E-state index in [1.54, 1.807) is 18.2 Å². The van der Waals surface area contributed by atoms with Gasteiger partial charge in [-0.25, -0.2) is 8.42 Å². The molecule has 0 amide bonds. The summed E-state index contributed by atoms with van der Waals surface area (Å²) in [5.41, 5.74) is 3.07. The van der Waals surface area contributed by atoms with Gasteiger partial charge in [0.25, 0.3) is 0 Å². The topological polar surface area (TPSA) is 47.3 Å². The van der Waals surface area contributed by atoms with Crippen LogP contribution in [0.25, 0.3) is 22.3 Å². The summed E-state index contributed by atoms with van der Waals surface area (Å²) in [4.78, 5) is 0.248. The summed E-state index contributed by atoms with van der Waals surface area (Å²) >= 11 is 0. The van der Waals surface area contributed by atoms with Crippen molar-refractivity contribution < 1.29 is 12.8 Å². The number of rotatable bonds is 2. The van der Waals surface area contributed by atoms with Gasteiger partial charge in [0.05, 0.1) is 10.5 Å². The predicted octanol–water partition coefficient (Wildman–Crippen LogP) is 4.90. The third-order valence-corrected chi connectivity index (χ3v) is 5.34. The molecule has 4 heteroatoms. The molecule has 0 atom stereocenters. The van der Waals surface area contributed by atoms with Crippen LogP contribution < -0.4 is 0 Å². The lowest BCUT2D eigenvalue weighted by Crippen LogP contribution is -1.96. The van der Waals surface area contributed by atoms with E-state index in [0.29, 0.717) is 22.3 Å². The third-order valence-electron chi connectivity index (χ3n) is 4.23. The van der Waals surface area contributed by atoms with Crippen LogP contribution >= 0.6 is 0 Å². The summed E-state index contributed by atoms with van der Waals surface area (Å²) in [5.74, 6) is 6.98. The van der Waals surface area contributed by atoms with Crippen molar-refractivity contribution in [2.45, 2.75) is 4.90 Å². The molecule has 0 fully saturated rings. The Bertz CT molecular complexity index is 1270. The highest BCUT2D eigenvalue weighted by Crippen LogP contribution is 2.34. The molecule has 0 aliphatic rings. The van der Waals surface area contributed by atoms with Crippen molar-refractivity contribution in [1.82, 2.24) is 0 Å². The molecule has 4 rings (SSSR count). The van der Waals surface area contributed by atoms with Gasteiger partial charge in [-0.05, 0) is 30.3 Å². The van der Waals surface area contributed by atoms with E-state index in [-0.39, 0.29) is 4.90 Å². The summed E-state index contributed by atoms with van der Waals surface area (Å²) < 4.78 is 30.0. The van der Waals surface area contributed by atoms with Gasteiger partial charge in [-0.1, -0.05) is 60.4 Å². The van der Waals surface area contributed by atoms with Crippen LogP contribution in [0.5, 0.6) is 0 Å². The van der Waals surface area contributed by atoms with Crippen molar-refractivity contribution in [2.24, 2.45) is 0 Å². The van der Waals surface area contributed by atoms with E-state index in [9.17, 15) is 8.42 Å². The number of furan rings is 1. The van der Waals surface area contributed by atoms with Crippen LogP contribution in [0.2, 0.25) is 0 Å². The molecule has 0 saturated carbocycles. The average Bonchev–Trinajstić information content (AvgIpc) is 3.05. The van der Waals surface area contributed by atoms with E-state index in [1.807, 2.05) is 60.7 Å². The molecule has 1 aromatic heterocycles. The molecule has 0 aliphatic heterocycles. The maximum absolute atomic E-state index is 12.0. The van der Waals surface area contributed by atoms with Crippen LogP contribution in [0.15, 0.2) is 88.2 Å². The fraction of sp³-hybridized carbons (Fsp3) is 0.0435. The van der Waals surface area contributed by atoms with Crippen molar-refractivity contribution in [1.29, 1.82) is 0 Å². The Kier molecular flexibility index (Phi) is 4.31. The molecule has 1 heterocycles. The van der Waals surface area contributed by atoms with Gasteiger partial charge in [-0.15, -0.1) is 0 Å². The molecule has 0 unspecified atom stereocenters. The van der Waals surface area contributed by atoms with Crippen molar-refractivity contribution >= 4 is 20.8 Å². The van der Waals surface area contributed by atoms with E-state index in [1.165, 1.54) is 6.26 Å². The number of hydrogen-bond donors (Lipinski definition) is 0. The number of sulfone groups is 1. The van der Waals surface area contributed by atoms with Gasteiger partial charge in [0.15, 0.2) is 15.6 Å². The van der Waals surface area contributed by atoms with Gasteiger partial charge >= 0.3 is 0 Å². The summed E-state index contributed by atoms with van der Waals surface area (Å²) in [6.07, 6.45) is 1.20. The zero-order chi connectivity index (χ0) is 18.9. The Labute approximate surface area is 158 Å². The standard InChI is InChI=1S/C23H16O3S/c1-27(24,25)19-13-15-22-21(16-19)20(14-12-17-8-4-2-5-9-17)23(26-22)18-10-6-3-7-11-18/h2-11,13,15-16H,1H3. The first-order valence-electron chi connectivity index (χ1n) is 8.41. The molecule has 0 spiro atoms. The summed E-state index contributed by atoms with van der Waals surface area (Å²) in [6, 6.07) is 24.2. The van der Waals surface area contributed by atoms with Crippen molar-refractivity contribution in [3.63, 3.8) is 0 Å². The zero-order valence-corrected chi connectivity index (χ0v) is 15.5. The van der Waals surface area contributed by atoms with Gasteiger partial charge in [-0.2, -0.15) is 0 Å². The van der Waals surface area contributed by atoms with Crippen LogP contribution in [0.4, 0.5) is 0 Å². The minimum Gasteiger partial charge on any atom is -0.455 e. The lowest BCUT2D eigenvalue weighted by molar-refractivity contribution is 0.602. The van der Waals surface area contributed by atoms with E-state index in [0.717, 1.165) is 11.1 Å². The highest BCUT2D eigenvalue weighted by atomic mass is 32.2. The fourth-order valence-electron chi connectivity index (χ4n) is 2.88. The first-order valence-corrected chi connectivity index (χ1v) is 10.3. The summed E-state index contributed by atoms with van der Waals surface area (Å²) in [5, 5.41) is 0.695. The van der Waals surface area contributed by atoms with Crippen LogP contribution in [0.1, 0.15) is 11.1 Å². The smallest absolute Gasteiger partial charge is 0.175 e. The molecule has 0 saturated heterocycles. The Morgan fingerprint density at radius 2 is 1.48 bits per heavy atom. The number of hydrogen-bond acceptors (Lipinski definition) is 3. The number of benzene rings is 3. The van der Waals surface area contributed by atoms with Gasteiger partial charge in [-0.3, -0.25) is 0 Å². The lowest BCUT2D eigenvalue weighted by atomic mass is 10.1. The Hall–Kier alpha value is -3.29. The van der Waals surface area contributed by atoms with Crippen molar-refractivity contribution in [3.8, 4) is 23.2 Å². The average molecular weight is 372 g/mol. The van der Waals surface area contributed by atoms with E-state index in [4.69, 9.17) is 4.42 Å². The second-order valence-corrected chi connectivity index (χ2v) is 8.23. The molecule has 0 N–H and O–H groups in total. The molecule has 27 heavy (non-hydrogen) atoms. The van der Waals surface area contributed by atoms with Gasteiger partial charge < -0.3 is 4.42 Å². The SMILES string of the molecule is CS(=O)(=O)c1ccc2oc(-c3ccccc3)c(C#Cc3ccccc3)c2c1. The molecule has 3 aromatic carbocycles. The molecular formula is C23H16O3S. The molecular weight excluding hydrogens is 356 g/mol. The first-order chi connectivity index (χ1) is 13.0. The molecule has 0 aliphatic carbocycles. The quantitative estimate of drug-likeness (QED) is 0.470. The van der Waals surface area contributed by atoms with Crippen molar-refractivity contribution in [2.75, 3.05) is 6.26 Å². The normalized spacial score (nSPS) is 11.1. The van der Waals surface area contributed by atoms with Gasteiger partial charge in [0.2, 0.25) is 0 Å². The molecule has 4 aromatic rings. The van der Waals surface area contributed by atoms with Crippen LogP contribution in [0, 0.1) is 11.8 Å². The second-order valence-electron chi connectivity index (χ2n) is 6.22. The highest BCUT2D eigenvalue weighted by Gasteiger charge is 2.17. The summed E-state index contributed by atoms with van der Waals surface area (Å²) in [7, 11) is -3.32. The zero-order valence-electron chi connectivity index (χ0n) is 14.6. The lowest BCUT2D eigenvalue weighted by Gasteiger charge is -1.98. The first kappa shape index (κ1) is 17.1. The largest absolute Gasteiger partial charge is 0.455 e. The van der Waals surface area contributed by atoms with Crippen LogP contribution in [0.3, 0.4) is 0 Å². The van der Waals surface area contributed by atoms with Crippen LogP contribution in [-0.4, -0.2) is 14.7 Å². The summed E-state index contributed by atoms with van der Waals surface area (Å²) in [6.45, 7) is 0. The Balaban J connectivity index is 1.98. The minimum absolute atomic E-state index is 0.248. The maximum Gasteiger partial charge on any atom is 0.175 e. The predicted molar refractivity (Wildman–Crippen MR) is 107 cm³/mol. The van der Waals surface area contributed by atoms with Crippen molar-refractivity contribution in [3.05, 3.63) is 90.0 Å². The maximum atomic E-state index is 12.0. The van der Waals surface area contributed by atoms with E-state index < -0.39 is 9.84 Å². The van der Waals surface area contributed by atoms with E-state index in [2.05, 4.69) is 11.8 Å². The Morgan fingerprint density at radius 3 is 2.15 bits per heavy atom. The molecule has 0 radical (unpaired) electrons. The van der Waals surface area contributed by atoms with Gasteiger partial charge in [0.1, 0.15) is 5.58 Å². The third kappa shape index (κ3) is 3.51. The highest BCUT2D eigenvalue weighted by molar-refractivity contribution is 7.90. The minimum atomic E-state index is -3.32. The Morgan fingerprint density at radius 1 is 0.815 bits per heavy atom. The van der Waals surface area contributed by atoms with Crippen LogP contribution in [-0.2, 0) is 9.84 Å². The second kappa shape index (κ2) is 6.79. The van der Waals surface area contributed by atoms with E-state index >= 15 is 0 Å². The number of fused-ring (bicyclic) bond motifs is 1.